The van der Waals surface area contributed by atoms with Gasteiger partial charge >= 0.3 is 0 Å². The first kappa shape index (κ1) is 10.3. The van der Waals surface area contributed by atoms with Crippen LogP contribution in [0, 0.1) is 5.41 Å². The molecule has 74 valence electrons. The van der Waals surface area contributed by atoms with Crippen LogP contribution in [0.2, 0.25) is 0 Å². The Labute approximate surface area is 80.0 Å². The lowest BCUT2D eigenvalue weighted by atomic mass is 9.92. The Morgan fingerprint density at radius 1 is 1.46 bits per heavy atom. The van der Waals surface area contributed by atoms with E-state index in [9.17, 15) is 0 Å². The molecule has 0 amide bonds. The minimum absolute atomic E-state index is 0.371. The third-order valence-electron chi connectivity index (χ3n) is 2.09. The summed E-state index contributed by atoms with van der Waals surface area (Å²) in [5.74, 6) is 0.976. The van der Waals surface area contributed by atoms with Gasteiger partial charge in [0.2, 0.25) is 0 Å². The van der Waals surface area contributed by atoms with Crippen molar-refractivity contribution >= 4 is 0 Å². The molecule has 0 aromatic carbocycles. The molecule has 1 heterocycles. The Morgan fingerprint density at radius 3 is 2.69 bits per heavy atom. The Hall–Kier alpha value is -0.830. The molecule has 2 N–H and O–H groups in total. The number of hydrogen-bond acceptors (Lipinski definition) is 2. The third-order valence-corrected chi connectivity index (χ3v) is 2.09. The van der Waals surface area contributed by atoms with Crippen LogP contribution in [0.15, 0.2) is 12.4 Å². The molecule has 0 bridgehead atoms. The van der Waals surface area contributed by atoms with Crippen molar-refractivity contribution in [3.8, 4) is 0 Å². The van der Waals surface area contributed by atoms with Crippen LogP contribution < -0.4 is 5.73 Å². The van der Waals surface area contributed by atoms with Crippen LogP contribution in [0.1, 0.15) is 33.0 Å². The van der Waals surface area contributed by atoms with Gasteiger partial charge in [-0.25, -0.2) is 4.98 Å². The lowest BCUT2D eigenvalue weighted by molar-refractivity contribution is 0.347. The summed E-state index contributed by atoms with van der Waals surface area (Å²) >= 11 is 0. The van der Waals surface area contributed by atoms with E-state index in [1.807, 2.05) is 12.4 Å². The average Bonchev–Trinajstić information content (AvgIpc) is 2.46. The van der Waals surface area contributed by atoms with Crippen molar-refractivity contribution in [3.05, 3.63) is 18.2 Å². The standard InChI is InChI=1S/C10H19N3/c1-10(2,3)4-6-13-7-5-12-9(13)8-11/h5,7H,4,6,8,11H2,1-3H3. The quantitative estimate of drug-likeness (QED) is 0.772. The topological polar surface area (TPSA) is 43.8 Å². The third kappa shape index (κ3) is 3.19. The van der Waals surface area contributed by atoms with Crippen molar-refractivity contribution in [1.82, 2.24) is 9.55 Å². The van der Waals surface area contributed by atoms with Crippen LogP contribution in [-0.4, -0.2) is 9.55 Å². The highest BCUT2D eigenvalue weighted by atomic mass is 15.1. The maximum absolute atomic E-state index is 5.55. The van der Waals surface area contributed by atoms with E-state index in [-0.39, 0.29) is 0 Å². The molecular formula is C10H19N3. The molecule has 0 aliphatic carbocycles. The molecule has 0 radical (unpaired) electrons. The maximum Gasteiger partial charge on any atom is 0.122 e. The molecule has 0 fully saturated rings. The number of hydrogen-bond donors (Lipinski definition) is 1. The van der Waals surface area contributed by atoms with E-state index in [4.69, 9.17) is 5.73 Å². The monoisotopic (exact) mass is 181 g/mol. The summed E-state index contributed by atoms with van der Waals surface area (Å²) < 4.78 is 2.13. The van der Waals surface area contributed by atoms with Crippen LogP contribution in [0.3, 0.4) is 0 Å². The molecule has 0 saturated heterocycles. The molecule has 3 nitrogen and oxygen atoms in total. The highest BCUT2D eigenvalue weighted by Gasteiger charge is 2.10. The fraction of sp³-hybridized carbons (Fsp3) is 0.700. The van der Waals surface area contributed by atoms with E-state index in [1.54, 1.807) is 0 Å². The second kappa shape index (κ2) is 3.92. The van der Waals surface area contributed by atoms with Crippen LogP contribution in [-0.2, 0) is 13.1 Å². The van der Waals surface area contributed by atoms with E-state index in [1.165, 1.54) is 0 Å². The van der Waals surface area contributed by atoms with Gasteiger partial charge in [-0.3, -0.25) is 0 Å². The summed E-state index contributed by atoms with van der Waals surface area (Å²) in [6, 6.07) is 0. The molecule has 3 heteroatoms. The number of aromatic nitrogens is 2. The average molecular weight is 181 g/mol. The van der Waals surface area contributed by atoms with Crippen molar-refractivity contribution in [1.29, 1.82) is 0 Å². The maximum atomic E-state index is 5.55. The zero-order valence-corrected chi connectivity index (χ0v) is 8.75. The molecule has 0 saturated carbocycles. The summed E-state index contributed by atoms with van der Waals surface area (Å²) in [5.41, 5.74) is 5.92. The molecule has 1 aromatic rings. The van der Waals surface area contributed by atoms with Gasteiger partial charge in [0.25, 0.3) is 0 Å². The molecular weight excluding hydrogens is 162 g/mol. The second-order valence-corrected chi connectivity index (χ2v) is 4.55. The molecule has 13 heavy (non-hydrogen) atoms. The number of nitrogens with two attached hydrogens (primary N) is 1. The van der Waals surface area contributed by atoms with Gasteiger partial charge in [0.05, 0.1) is 6.54 Å². The molecule has 0 unspecified atom stereocenters. The zero-order valence-electron chi connectivity index (χ0n) is 8.75. The predicted octanol–water partition coefficient (Wildman–Crippen LogP) is 1.78. The fourth-order valence-corrected chi connectivity index (χ4v) is 1.19. The second-order valence-electron chi connectivity index (χ2n) is 4.55. The summed E-state index contributed by atoms with van der Waals surface area (Å²) in [7, 11) is 0. The molecule has 1 rings (SSSR count). The van der Waals surface area contributed by atoms with Crippen molar-refractivity contribution in [2.24, 2.45) is 11.1 Å². The van der Waals surface area contributed by atoms with Gasteiger partial charge in [0.1, 0.15) is 5.82 Å². The molecule has 0 aliphatic heterocycles. The molecule has 0 aliphatic rings. The van der Waals surface area contributed by atoms with Crippen molar-refractivity contribution in [2.75, 3.05) is 0 Å². The largest absolute Gasteiger partial charge is 0.334 e. The Bertz CT molecular complexity index is 257. The van der Waals surface area contributed by atoms with E-state index < -0.39 is 0 Å². The SMILES string of the molecule is CC(C)(C)CCn1ccnc1CN. The van der Waals surface area contributed by atoms with Crippen LogP contribution in [0.5, 0.6) is 0 Å². The van der Waals surface area contributed by atoms with E-state index in [0.29, 0.717) is 12.0 Å². The first-order valence-corrected chi connectivity index (χ1v) is 4.73. The number of imidazole rings is 1. The zero-order chi connectivity index (χ0) is 9.90. The summed E-state index contributed by atoms with van der Waals surface area (Å²) in [6.45, 7) is 8.26. The van der Waals surface area contributed by atoms with Crippen LogP contribution in [0.4, 0.5) is 0 Å². The first-order valence-electron chi connectivity index (χ1n) is 4.73. The Kier molecular flexibility index (Phi) is 3.09. The molecule has 0 spiro atoms. The van der Waals surface area contributed by atoms with Crippen molar-refractivity contribution in [2.45, 2.75) is 40.3 Å². The van der Waals surface area contributed by atoms with Gasteiger partial charge in [0.15, 0.2) is 0 Å². The van der Waals surface area contributed by atoms with Crippen LogP contribution in [0.25, 0.3) is 0 Å². The van der Waals surface area contributed by atoms with Crippen LogP contribution >= 0.6 is 0 Å². The minimum Gasteiger partial charge on any atom is -0.334 e. The Balaban J connectivity index is 2.54. The summed E-state index contributed by atoms with van der Waals surface area (Å²) in [5, 5.41) is 0. The smallest absolute Gasteiger partial charge is 0.122 e. The molecule has 0 atom stereocenters. The first-order chi connectivity index (χ1) is 6.03. The lowest BCUT2D eigenvalue weighted by Crippen LogP contribution is -2.13. The normalized spacial score (nSPS) is 12.0. The summed E-state index contributed by atoms with van der Waals surface area (Å²) in [4.78, 5) is 4.17. The highest BCUT2D eigenvalue weighted by molar-refractivity contribution is 4.91. The lowest BCUT2D eigenvalue weighted by Gasteiger charge is -2.18. The van der Waals surface area contributed by atoms with Gasteiger partial charge in [-0.15, -0.1) is 0 Å². The molecule has 1 aromatic heterocycles. The van der Waals surface area contributed by atoms with E-state index in [0.717, 1.165) is 18.8 Å². The van der Waals surface area contributed by atoms with Gasteiger partial charge in [-0.2, -0.15) is 0 Å². The number of aryl methyl sites for hydroxylation is 1. The van der Waals surface area contributed by atoms with Crippen molar-refractivity contribution in [3.63, 3.8) is 0 Å². The summed E-state index contributed by atoms with van der Waals surface area (Å²) in [6.07, 6.45) is 4.95. The van der Waals surface area contributed by atoms with Crippen molar-refractivity contribution < 1.29 is 0 Å². The predicted molar refractivity (Wildman–Crippen MR) is 54.2 cm³/mol. The number of nitrogens with zero attached hydrogens (tertiary/aromatic N) is 2. The van der Waals surface area contributed by atoms with Gasteiger partial charge in [-0.1, -0.05) is 20.8 Å². The van der Waals surface area contributed by atoms with Gasteiger partial charge in [0, 0.05) is 18.9 Å². The van der Waals surface area contributed by atoms with Gasteiger partial charge < -0.3 is 10.3 Å². The van der Waals surface area contributed by atoms with Gasteiger partial charge in [-0.05, 0) is 11.8 Å². The fourth-order valence-electron chi connectivity index (χ4n) is 1.19. The highest BCUT2D eigenvalue weighted by Crippen LogP contribution is 2.19. The van der Waals surface area contributed by atoms with E-state index in [2.05, 4.69) is 30.3 Å². The minimum atomic E-state index is 0.371. The van der Waals surface area contributed by atoms with E-state index >= 15 is 0 Å². The Morgan fingerprint density at radius 2 is 2.15 bits per heavy atom. The number of rotatable bonds is 3.